The molecule has 0 bridgehead atoms. The summed E-state index contributed by atoms with van der Waals surface area (Å²) in [5, 5.41) is 29.6. The van der Waals surface area contributed by atoms with Gasteiger partial charge in [0.2, 0.25) is 23.5 Å². The molecule has 3 aliphatic rings. The van der Waals surface area contributed by atoms with Gasteiger partial charge in [-0.1, -0.05) is 108 Å². The lowest BCUT2D eigenvalue weighted by Gasteiger charge is -2.41. The van der Waals surface area contributed by atoms with Crippen molar-refractivity contribution < 1.29 is 67.1 Å². The summed E-state index contributed by atoms with van der Waals surface area (Å²) in [5.41, 5.74) is 4.94. The van der Waals surface area contributed by atoms with E-state index in [1.807, 2.05) is 66.7 Å². The third kappa shape index (κ3) is 17.4. The SMILES string of the molecule is C=CC(=O)N1CCN(c2c(C#N)c(=O)n(-c3c(C)ccnc3C(C)C)c3nc(-c4c(F)c(F)c(F)c(F)c4F)c(Cl)cc23)C[C@H]1C.C=CC(=O)N1CCN(c2c(C#N)c(=O)n(-c3c(C)ccnc3C(C)C)c3nc(-c4c(F)c(N)c(F)c(F)c4F)c(Cl)cc23)C[C@H]1C.C=CC(=O)N1CCN(c2c(C#N)c(=O)n(-c3c(C)ccnc3C(C)C)c3nc(-c4c(N)c(Cl)c(F)c(F)c4F)c(Cl)cc23)C[C@H]1C. The van der Waals surface area contributed by atoms with Crippen LogP contribution in [0, 0.1) is 125 Å². The Labute approximate surface area is 799 Å². The zero-order chi connectivity index (χ0) is 101. The normalized spacial score (nSPS) is 15.0. The van der Waals surface area contributed by atoms with Gasteiger partial charge < -0.3 is 40.9 Å². The molecule has 0 aliphatic carbocycles. The van der Waals surface area contributed by atoms with Crippen molar-refractivity contribution in [1.29, 1.82) is 15.8 Å². The Kier molecular flexibility index (Phi) is 29.1. The number of carbonyl (C=O) groups excluding carboxylic acids is 3. The van der Waals surface area contributed by atoms with Crippen molar-refractivity contribution in [2.45, 2.75) is 119 Å². The second kappa shape index (κ2) is 39.7. The Morgan fingerprint density at radius 1 is 0.399 bits per heavy atom. The molecule has 3 saturated heterocycles. The van der Waals surface area contributed by atoms with Crippen molar-refractivity contribution in [3.05, 3.63) is 264 Å². The summed E-state index contributed by atoms with van der Waals surface area (Å²) in [6.45, 7) is 34.1. The summed E-state index contributed by atoms with van der Waals surface area (Å²) < 4.78 is 180. The van der Waals surface area contributed by atoms with E-state index >= 15 is 22.0 Å². The highest BCUT2D eigenvalue weighted by Gasteiger charge is 2.40. The standard InChI is InChI=1S/C32H28Cl2F3N7O2.C32H26ClF5N6O2.C32H28ClF4N7O2/c1-6-20(45)43-10-9-42(13-16(43)5)30-17-11-19(33)28(21-23(35)25(37)24(36)22(34)26(21)39)41-31(17)44(32(46)18(30)12-38)29-15(4)7-8-40-27(29)14(2)3;1-6-20(45)43-10-9-42(13-16(43)5)30-17-11-19(33)28(21-22(34)24(36)26(38)25(37)23(21)35)41-31(17)44(32(46)18(30)12-39)29-15(4)7-8-40-27(29)14(2)3;1-6-20(45)43-10-9-42(13-16(43)5)30-17-11-19(33)28(21-22(34)24(36)25(37)26(39)23(21)35)41-31(17)44(32(46)18(30)12-38)29-15(4)7-8-40-27(29)14(2)3/h6-8,11,14,16H,1,9-10,13,39H2,2-5H3;6-8,11,14,16H,1,9-10,13H2,2-5H3;6-8,11,14,16H,1,9-10,13,39H2,2-5H3/t3*16-/m111/s1. The summed E-state index contributed by atoms with van der Waals surface area (Å²) in [4.78, 5) is 117. The molecule has 138 heavy (non-hydrogen) atoms. The molecule has 3 aliphatic heterocycles. The zero-order valence-electron chi connectivity index (χ0n) is 75.6. The number of nitrogens with two attached hydrogens (primary N) is 2. The number of benzene rings is 3. The van der Waals surface area contributed by atoms with E-state index in [9.17, 15) is 75.3 Å². The number of carbonyl (C=O) groups is 3. The fourth-order valence-electron chi connectivity index (χ4n) is 17.5. The van der Waals surface area contributed by atoms with Gasteiger partial charge in [0.15, 0.2) is 64.0 Å². The van der Waals surface area contributed by atoms with Crippen molar-refractivity contribution >= 4 is 126 Å². The van der Waals surface area contributed by atoms with Gasteiger partial charge in [-0.25, -0.2) is 67.6 Å². The third-order valence-electron chi connectivity index (χ3n) is 24.1. The Bertz CT molecular complexity index is 6780. The average Bonchev–Trinajstić information content (AvgIpc) is 0.726. The predicted octanol–water partition coefficient (Wildman–Crippen LogP) is 18.4. The summed E-state index contributed by atoms with van der Waals surface area (Å²) in [6.07, 6.45) is 8.25. The topological polar surface area (TPSA) is 337 Å². The first-order valence-electron chi connectivity index (χ1n) is 42.5. The first-order chi connectivity index (χ1) is 65.2. The number of hydrogen-bond acceptors (Lipinski definition) is 20. The lowest BCUT2D eigenvalue weighted by molar-refractivity contribution is -0.129. The number of fused-ring (bicyclic) bond motifs is 3. The molecule has 3 fully saturated rings. The highest BCUT2D eigenvalue weighted by Crippen LogP contribution is 2.47. The highest BCUT2D eigenvalue weighted by atomic mass is 35.5. The molecular formula is C96H82Cl4F12N20O6. The fourth-order valence-corrected chi connectivity index (χ4v) is 18.4. The van der Waals surface area contributed by atoms with Gasteiger partial charge in [0.25, 0.3) is 16.7 Å². The monoisotopic (exact) mass is 1980 g/mol. The van der Waals surface area contributed by atoms with E-state index in [0.29, 0.717) is 39.5 Å². The highest BCUT2D eigenvalue weighted by molar-refractivity contribution is 6.36. The van der Waals surface area contributed by atoms with Gasteiger partial charge in [-0.15, -0.1) is 0 Å². The first-order valence-corrected chi connectivity index (χ1v) is 44.0. The fraction of sp³-hybridized carbons (Fsp3) is 0.281. The summed E-state index contributed by atoms with van der Waals surface area (Å²) in [7, 11) is 0. The molecule has 26 nitrogen and oxygen atoms in total. The van der Waals surface area contributed by atoms with Crippen molar-refractivity contribution in [2.24, 2.45) is 0 Å². The average molecular weight is 1980 g/mol. The summed E-state index contributed by atoms with van der Waals surface area (Å²) in [6, 6.07) is 13.7. The van der Waals surface area contributed by atoms with Crippen LogP contribution in [0.15, 0.2) is 107 Å². The van der Waals surface area contributed by atoms with E-state index in [4.69, 9.17) is 57.9 Å². The van der Waals surface area contributed by atoms with Crippen LogP contribution in [0.1, 0.15) is 131 Å². The van der Waals surface area contributed by atoms with Gasteiger partial charge in [0, 0.05) is 112 Å². The number of aryl methyl sites for hydroxylation is 3. The van der Waals surface area contributed by atoms with E-state index < -0.39 is 153 Å². The molecule has 714 valence electrons. The number of nitrogen functional groups attached to an aromatic ring is 2. The number of nitriles is 3. The van der Waals surface area contributed by atoms with Crippen LogP contribution < -0.4 is 42.8 Å². The van der Waals surface area contributed by atoms with Crippen LogP contribution in [-0.2, 0) is 14.4 Å². The lowest BCUT2D eigenvalue weighted by atomic mass is 10.0. The van der Waals surface area contributed by atoms with Gasteiger partial charge in [-0.2, -0.15) is 15.8 Å². The molecule has 0 saturated carbocycles. The number of halogens is 16. The van der Waals surface area contributed by atoms with Crippen LogP contribution in [0.5, 0.6) is 0 Å². The van der Waals surface area contributed by atoms with Gasteiger partial charge >= 0.3 is 0 Å². The maximum atomic E-state index is 15.3. The smallest absolute Gasteiger partial charge is 0.276 e. The molecule has 0 spiro atoms. The Balaban J connectivity index is 0.000000175. The number of rotatable bonds is 15. The minimum Gasteiger partial charge on any atom is -0.397 e. The van der Waals surface area contributed by atoms with Gasteiger partial charge in [0.05, 0.1) is 106 Å². The van der Waals surface area contributed by atoms with E-state index in [0.717, 1.165) is 9.13 Å². The number of piperazine rings is 3. The minimum absolute atomic E-state index is 0.0756. The van der Waals surface area contributed by atoms with E-state index in [-0.39, 0.29) is 190 Å². The van der Waals surface area contributed by atoms with E-state index in [1.165, 1.54) is 47.2 Å². The molecular weight excluding hydrogens is 1900 g/mol. The summed E-state index contributed by atoms with van der Waals surface area (Å²) >= 11 is 25.7. The molecule has 3 amide bonds. The van der Waals surface area contributed by atoms with Crippen LogP contribution in [-0.4, -0.2) is 153 Å². The zero-order valence-corrected chi connectivity index (χ0v) is 78.6. The Hall–Kier alpha value is -14.4. The third-order valence-corrected chi connectivity index (χ3v) is 25.3. The second-order valence-corrected chi connectivity index (χ2v) is 35.3. The number of anilines is 5. The quantitative estimate of drug-likeness (QED) is 0.0316. The molecule has 9 aromatic heterocycles. The minimum atomic E-state index is -2.36. The molecule has 0 radical (unpaired) electrons. The number of hydrogen-bond donors (Lipinski definition) is 2. The van der Waals surface area contributed by atoms with Crippen molar-refractivity contribution in [3.8, 4) is 69.0 Å². The van der Waals surface area contributed by atoms with E-state index in [2.05, 4.69) is 49.6 Å². The van der Waals surface area contributed by atoms with Crippen LogP contribution in [0.2, 0.25) is 20.1 Å². The number of pyridine rings is 9. The van der Waals surface area contributed by atoms with Crippen LogP contribution in [0.25, 0.3) is 83.9 Å². The molecule has 3 atom stereocenters. The predicted molar refractivity (Wildman–Crippen MR) is 501 cm³/mol. The number of amides is 3. The Morgan fingerprint density at radius 3 is 0.935 bits per heavy atom. The molecule has 3 aromatic carbocycles. The first kappa shape index (κ1) is 101. The summed E-state index contributed by atoms with van der Waals surface area (Å²) in [5.74, 6) is -25.3. The van der Waals surface area contributed by atoms with Gasteiger partial charge in [-0.3, -0.25) is 57.4 Å². The Morgan fingerprint density at radius 2 is 0.659 bits per heavy atom. The van der Waals surface area contributed by atoms with Gasteiger partial charge in [0.1, 0.15) is 62.5 Å². The lowest BCUT2D eigenvalue weighted by Crippen LogP contribution is -2.54. The van der Waals surface area contributed by atoms with Crippen LogP contribution in [0.4, 0.5) is 81.1 Å². The molecule has 0 unspecified atom stereocenters. The largest absolute Gasteiger partial charge is 0.397 e. The number of aromatic nitrogens is 9. The maximum absolute atomic E-state index is 15.3. The molecule has 42 heteroatoms. The van der Waals surface area contributed by atoms with Crippen molar-refractivity contribution in [2.75, 3.05) is 85.1 Å². The van der Waals surface area contributed by atoms with Crippen molar-refractivity contribution in [1.82, 2.24) is 58.3 Å². The van der Waals surface area contributed by atoms with Gasteiger partial charge in [-0.05, 0) is 131 Å². The second-order valence-electron chi connectivity index (χ2n) is 33.7. The van der Waals surface area contributed by atoms with Crippen LogP contribution in [0.3, 0.4) is 0 Å². The van der Waals surface area contributed by atoms with E-state index in [1.54, 1.807) is 94.6 Å². The van der Waals surface area contributed by atoms with Crippen molar-refractivity contribution in [3.63, 3.8) is 0 Å². The van der Waals surface area contributed by atoms with Crippen LogP contribution >= 0.6 is 46.4 Å². The molecule has 15 rings (SSSR count). The number of nitrogens with zero attached hydrogens (tertiary/aromatic N) is 18. The molecule has 12 aromatic rings. The molecule has 4 N–H and O–H groups in total. The molecule has 12 heterocycles. The maximum Gasteiger partial charge on any atom is 0.276 e.